The van der Waals surface area contributed by atoms with E-state index >= 15 is 0 Å². The molecule has 0 fully saturated rings. The van der Waals surface area contributed by atoms with Crippen LogP contribution in [0.15, 0.2) is 41.6 Å². The number of aryl methyl sites for hydroxylation is 1. The molecule has 2 heterocycles. The highest BCUT2D eigenvalue weighted by molar-refractivity contribution is 5.62. The SMILES string of the molecule is Cc1cc(-c2ccncc2)c[nH]c1=O. The van der Waals surface area contributed by atoms with Crippen molar-refractivity contribution in [2.45, 2.75) is 6.92 Å². The Hall–Kier alpha value is -1.90. The summed E-state index contributed by atoms with van der Waals surface area (Å²) in [6.45, 7) is 1.80. The topological polar surface area (TPSA) is 45.8 Å². The molecule has 0 unspecified atom stereocenters. The zero-order valence-corrected chi connectivity index (χ0v) is 7.82. The van der Waals surface area contributed by atoms with Gasteiger partial charge in [-0.25, -0.2) is 0 Å². The molecule has 0 amide bonds. The van der Waals surface area contributed by atoms with E-state index in [0.717, 1.165) is 16.7 Å². The zero-order valence-electron chi connectivity index (χ0n) is 7.82. The highest BCUT2D eigenvalue weighted by Gasteiger charge is 1.98. The van der Waals surface area contributed by atoms with Crippen LogP contribution >= 0.6 is 0 Å². The Morgan fingerprint density at radius 3 is 2.57 bits per heavy atom. The van der Waals surface area contributed by atoms with Crippen LogP contribution < -0.4 is 5.56 Å². The molecule has 0 saturated carbocycles. The van der Waals surface area contributed by atoms with Gasteiger partial charge in [0, 0.05) is 24.2 Å². The van der Waals surface area contributed by atoms with Crippen molar-refractivity contribution in [2.75, 3.05) is 0 Å². The summed E-state index contributed by atoms with van der Waals surface area (Å²) in [6.07, 6.45) is 5.18. The Labute approximate surface area is 81.5 Å². The van der Waals surface area contributed by atoms with Crippen LogP contribution in [-0.2, 0) is 0 Å². The van der Waals surface area contributed by atoms with Crippen molar-refractivity contribution in [3.05, 3.63) is 52.7 Å². The van der Waals surface area contributed by atoms with Gasteiger partial charge >= 0.3 is 0 Å². The summed E-state index contributed by atoms with van der Waals surface area (Å²) in [5.74, 6) is 0. The average molecular weight is 186 g/mol. The van der Waals surface area contributed by atoms with Gasteiger partial charge in [-0.2, -0.15) is 0 Å². The van der Waals surface area contributed by atoms with Crippen molar-refractivity contribution in [1.29, 1.82) is 0 Å². The summed E-state index contributed by atoms with van der Waals surface area (Å²) >= 11 is 0. The Balaban J connectivity index is 2.54. The Bertz CT molecular complexity index is 488. The van der Waals surface area contributed by atoms with E-state index in [2.05, 4.69) is 9.97 Å². The van der Waals surface area contributed by atoms with Gasteiger partial charge in [-0.3, -0.25) is 9.78 Å². The lowest BCUT2D eigenvalue weighted by atomic mass is 10.1. The fraction of sp³-hybridized carbons (Fsp3) is 0.0909. The molecule has 2 aromatic rings. The minimum Gasteiger partial charge on any atom is -0.328 e. The number of nitrogens with zero attached hydrogens (tertiary/aromatic N) is 1. The maximum atomic E-state index is 11.1. The van der Waals surface area contributed by atoms with E-state index in [1.807, 2.05) is 18.2 Å². The molecular weight excluding hydrogens is 176 g/mol. The summed E-state index contributed by atoms with van der Waals surface area (Å²) in [6, 6.07) is 5.69. The van der Waals surface area contributed by atoms with E-state index < -0.39 is 0 Å². The number of nitrogens with one attached hydrogen (secondary N) is 1. The molecule has 0 radical (unpaired) electrons. The Morgan fingerprint density at radius 2 is 1.93 bits per heavy atom. The molecule has 14 heavy (non-hydrogen) atoms. The molecule has 3 heteroatoms. The van der Waals surface area contributed by atoms with Crippen molar-refractivity contribution in [3.8, 4) is 11.1 Å². The molecule has 2 rings (SSSR count). The summed E-state index contributed by atoms with van der Waals surface area (Å²) < 4.78 is 0. The lowest BCUT2D eigenvalue weighted by molar-refractivity contribution is 1.18. The number of hydrogen-bond donors (Lipinski definition) is 1. The van der Waals surface area contributed by atoms with Gasteiger partial charge in [0.2, 0.25) is 0 Å². The maximum Gasteiger partial charge on any atom is 0.250 e. The number of hydrogen-bond acceptors (Lipinski definition) is 2. The van der Waals surface area contributed by atoms with Gasteiger partial charge in [0.1, 0.15) is 0 Å². The largest absolute Gasteiger partial charge is 0.328 e. The first kappa shape index (κ1) is 8.69. The second kappa shape index (κ2) is 3.46. The van der Waals surface area contributed by atoms with Gasteiger partial charge in [-0.1, -0.05) is 0 Å². The van der Waals surface area contributed by atoms with Crippen LogP contribution in [0.4, 0.5) is 0 Å². The minimum absolute atomic E-state index is 0.0391. The third-order valence-electron chi connectivity index (χ3n) is 2.10. The first-order valence-corrected chi connectivity index (χ1v) is 4.37. The molecule has 3 nitrogen and oxygen atoms in total. The highest BCUT2D eigenvalue weighted by atomic mass is 16.1. The number of pyridine rings is 2. The quantitative estimate of drug-likeness (QED) is 0.737. The molecular formula is C11H10N2O. The summed E-state index contributed by atoms with van der Waals surface area (Å²) in [4.78, 5) is 17.8. The smallest absolute Gasteiger partial charge is 0.250 e. The van der Waals surface area contributed by atoms with Crippen molar-refractivity contribution >= 4 is 0 Å². The second-order valence-corrected chi connectivity index (χ2v) is 3.14. The zero-order chi connectivity index (χ0) is 9.97. The van der Waals surface area contributed by atoms with E-state index in [9.17, 15) is 4.79 Å². The molecule has 0 bridgehead atoms. The molecule has 0 aliphatic rings. The molecule has 0 spiro atoms. The summed E-state index contributed by atoms with van der Waals surface area (Å²) in [7, 11) is 0. The number of aromatic amines is 1. The van der Waals surface area contributed by atoms with E-state index in [0.29, 0.717) is 0 Å². The van der Waals surface area contributed by atoms with Crippen molar-refractivity contribution in [2.24, 2.45) is 0 Å². The molecule has 0 aliphatic carbocycles. The molecule has 70 valence electrons. The fourth-order valence-electron chi connectivity index (χ4n) is 1.31. The monoisotopic (exact) mass is 186 g/mol. The first-order valence-electron chi connectivity index (χ1n) is 4.37. The lowest BCUT2D eigenvalue weighted by Crippen LogP contribution is -2.07. The Kier molecular flexibility index (Phi) is 2.14. The molecule has 1 N–H and O–H groups in total. The third kappa shape index (κ3) is 1.57. The number of H-pyrrole nitrogens is 1. The average Bonchev–Trinajstić information content (AvgIpc) is 2.23. The van der Waals surface area contributed by atoms with Gasteiger partial charge in [0.05, 0.1) is 0 Å². The van der Waals surface area contributed by atoms with E-state index in [1.54, 1.807) is 25.5 Å². The molecule has 0 aliphatic heterocycles. The van der Waals surface area contributed by atoms with E-state index in [-0.39, 0.29) is 5.56 Å². The van der Waals surface area contributed by atoms with E-state index in [1.165, 1.54) is 0 Å². The van der Waals surface area contributed by atoms with Crippen molar-refractivity contribution in [1.82, 2.24) is 9.97 Å². The highest BCUT2D eigenvalue weighted by Crippen LogP contribution is 2.16. The molecule has 0 saturated heterocycles. The van der Waals surface area contributed by atoms with Gasteiger partial charge in [0.25, 0.3) is 5.56 Å². The minimum atomic E-state index is -0.0391. The third-order valence-corrected chi connectivity index (χ3v) is 2.10. The number of aromatic nitrogens is 2. The molecule has 2 aromatic heterocycles. The predicted molar refractivity (Wildman–Crippen MR) is 55.0 cm³/mol. The predicted octanol–water partition coefficient (Wildman–Crippen LogP) is 1.75. The van der Waals surface area contributed by atoms with E-state index in [4.69, 9.17) is 0 Å². The Morgan fingerprint density at radius 1 is 1.21 bits per heavy atom. The van der Waals surface area contributed by atoms with Crippen LogP contribution in [0.5, 0.6) is 0 Å². The van der Waals surface area contributed by atoms with Crippen LogP contribution in [0.3, 0.4) is 0 Å². The van der Waals surface area contributed by atoms with Crippen LogP contribution in [0.1, 0.15) is 5.56 Å². The number of rotatable bonds is 1. The summed E-state index contributed by atoms with van der Waals surface area (Å²) in [5, 5.41) is 0. The molecule has 0 aromatic carbocycles. The fourth-order valence-corrected chi connectivity index (χ4v) is 1.31. The lowest BCUT2D eigenvalue weighted by Gasteiger charge is -2.00. The second-order valence-electron chi connectivity index (χ2n) is 3.14. The summed E-state index contributed by atoms with van der Waals surface area (Å²) in [5.41, 5.74) is 2.74. The standard InChI is InChI=1S/C11H10N2O/c1-8-6-10(7-13-11(8)14)9-2-4-12-5-3-9/h2-7H,1H3,(H,13,14). The van der Waals surface area contributed by atoms with Crippen LogP contribution in [-0.4, -0.2) is 9.97 Å². The van der Waals surface area contributed by atoms with Crippen LogP contribution in [0.2, 0.25) is 0 Å². The van der Waals surface area contributed by atoms with Gasteiger partial charge in [-0.05, 0) is 36.2 Å². The van der Waals surface area contributed by atoms with Gasteiger partial charge in [0.15, 0.2) is 0 Å². The normalized spacial score (nSPS) is 10.1. The van der Waals surface area contributed by atoms with Crippen LogP contribution in [0, 0.1) is 6.92 Å². The maximum absolute atomic E-state index is 11.1. The van der Waals surface area contributed by atoms with Crippen molar-refractivity contribution < 1.29 is 0 Å². The van der Waals surface area contributed by atoms with Crippen molar-refractivity contribution in [3.63, 3.8) is 0 Å². The first-order chi connectivity index (χ1) is 6.77. The van der Waals surface area contributed by atoms with Gasteiger partial charge < -0.3 is 4.98 Å². The molecule has 0 atom stereocenters. The van der Waals surface area contributed by atoms with Crippen LogP contribution in [0.25, 0.3) is 11.1 Å². The van der Waals surface area contributed by atoms with Gasteiger partial charge in [-0.15, -0.1) is 0 Å².